The molecule has 1 atom stereocenters. The Bertz CT molecular complexity index is 723. The molecule has 24 heavy (non-hydrogen) atoms. The van der Waals surface area contributed by atoms with Crippen LogP contribution in [0.2, 0.25) is 0 Å². The van der Waals surface area contributed by atoms with Crippen molar-refractivity contribution in [3.8, 4) is 5.75 Å². The van der Waals surface area contributed by atoms with Gasteiger partial charge in [0.15, 0.2) is 0 Å². The molecule has 0 aliphatic carbocycles. The molecule has 0 saturated carbocycles. The van der Waals surface area contributed by atoms with Gasteiger partial charge in [-0.15, -0.1) is 12.4 Å². The Labute approximate surface area is 147 Å². The number of benzene rings is 1. The Morgan fingerprint density at radius 2 is 2.04 bits per heavy atom. The molecule has 1 heterocycles. The number of sulfonamides is 1. The predicted octanol–water partition coefficient (Wildman–Crippen LogP) is 1.77. The number of rotatable bonds is 4. The van der Waals surface area contributed by atoms with E-state index in [4.69, 9.17) is 10.5 Å². The van der Waals surface area contributed by atoms with Gasteiger partial charge in [-0.2, -0.15) is 4.31 Å². The summed E-state index contributed by atoms with van der Waals surface area (Å²) in [6.45, 7) is 4.34. The summed E-state index contributed by atoms with van der Waals surface area (Å²) in [7, 11) is -2.58. The highest BCUT2D eigenvalue weighted by atomic mass is 35.5. The number of ether oxygens (including phenoxy) is 1. The lowest BCUT2D eigenvalue weighted by Crippen LogP contribution is -2.53. The number of halogens is 1. The highest BCUT2D eigenvalue weighted by molar-refractivity contribution is 7.89. The third kappa shape index (κ3) is 3.80. The number of non-ortho nitro benzene ring substituents is 1. The summed E-state index contributed by atoms with van der Waals surface area (Å²) in [6, 6.07) is 3.45. The molecule has 8 nitrogen and oxygen atoms in total. The zero-order chi connectivity index (χ0) is 17.4. The van der Waals surface area contributed by atoms with Crippen LogP contribution in [-0.2, 0) is 10.0 Å². The normalized spacial score (nSPS) is 20.9. The van der Waals surface area contributed by atoms with E-state index in [9.17, 15) is 18.5 Å². The van der Waals surface area contributed by atoms with Crippen molar-refractivity contribution >= 4 is 28.1 Å². The van der Waals surface area contributed by atoms with Crippen LogP contribution in [0.5, 0.6) is 5.75 Å². The van der Waals surface area contributed by atoms with E-state index >= 15 is 0 Å². The van der Waals surface area contributed by atoms with Gasteiger partial charge in [-0.25, -0.2) is 8.42 Å². The predicted molar refractivity (Wildman–Crippen MR) is 92.0 cm³/mol. The number of methoxy groups -OCH3 is 1. The monoisotopic (exact) mass is 379 g/mol. The Balaban J connectivity index is 0.00000288. The molecule has 1 unspecified atom stereocenters. The molecule has 1 fully saturated rings. The smallest absolute Gasteiger partial charge is 0.271 e. The number of hydrogen-bond donors (Lipinski definition) is 1. The average molecular weight is 380 g/mol. The summed E-state index contributed by atoms with van der Waals surface area (Å²) in [4.78, 5) is 10.1. The zero-order valence-electron chi connectivity index (χ0n) is 13.8. The molecule has 0 bridgehead atoms. The molecular weight excluding hydrogens is 358 g/mol. The van der Waals surface area contributed by atoms with Crippen LogP contribution < -0.4 is 10.5 Å². The summed E-state index contributed by atoms with van der Waals surface area (Å²) in [5.74, 6) is 0.0864. The molecule has 1 aromatic rings. The van der Waals surface area contributed by atoms with Gasteiger partial charge in [-0.3, -0.25) is 10.1 Å². The van der Waals surface area contributed by atoms with Gasteiger partial charge in [0.05, 0.1) is 12.0 Å². The highest BCUT2D eigenvalue weighted by Gasteiger charge is 2.40. The van der Waals surface area contributed by atoms with E-state index in [0.29, 0.717) is 6.42 Å². The molecule has 0 aromatic heterocycles. The molecule has 1 aromatic carbocycles. The van der Waals surface area contributed by atoms with Crippen LogP contribution in [0.1, 0.15) is 20.3 Å². The summed E-state index contributed by atoms with van der Waals surface area (Å²) in [5.41, 5.74) is 5.37. The van der Waals surface area contributed by atoms with E-state index in [1.54, 1.807) is 0 Å². The minimum atomic E-state index is -3.91. The van der Waals surface area contributed by atoms with Crippen LogP contribution in [0.25, 0.3) is 0 Å². The van der Waals surface area contributed by atoms with E-state index in [1.807, 2.05) is 13.8 Å². The molecule has 2 rings (SSSR count). The second-order valence-electron chi connectivity index (χ2n) is 6.31. The third-order valence-corrected chi connectivity index (χ3v) is 6.12. The Morgan fingerprint density at radius 1 is 1.42 bits per heavy atom. The summed E-state index contributed by atoms with van der Waals surface area (Å²) < 4.78 is 32.2. The SMILES string of the molecule is COc1ccc([N+](=O)[O-])cc1S(=O)(=O)N1CCC(N)C(C)(C)C1.Cl. The van der Waals surface area contributed by atoms with Crippen LogP contribution >= 0.6 is 12.4 Å². The largest absolute Gasteiger partial charge is 0.495 e. The standard InChI is InChI=1S/C14H21N3O5S.ClH/c1-14(2)9-16(7-6-13(14)15)23(20,21)12-8-10(17(18)19)4-5-11(12)22-3;/h4-5,8,13H,6-7,9,15H2,1-3H3;1H. The van der Waals surface area contributed by atoms with E-state index < -0.39 is 14.9 Å². The van der Waals surface area contributed by atoms with Crippen molar-refractivity contribution in [3.05, 3.63) is 28.3 Å². The van der Waals surface area contributed by atoms with Gasteiger partial charge in [0.2, 0.25) is 10.0 Å². The van der Waals surface area contributed by atoms with Gasteiger partial charge in [0.25, 0.3) is 5.69 Å². The van der Waals surface area contributed by atoms with Gasteiger partial charge >= 0.3 is 0 Å². The first-order chi connectivity index (χ1) is 10.6. The van der Waals surface area contributed by atoms with E-state index in [2.05, 4.69) is 0 Å². The van der Waals surface area contributed by atoms with E-state index in [0.717, 1.165) is 6.07 Å². The molecular formula is C14H22ClN3O5S. The maximum Gasteiger partial charge on any atom is 0.271 e. The fourth-order valence-electron chi connectivity index (χ4n) is 2.65. The van der Waals surface area contributed by atoms with Crippen molar-refractivity contribution < 1.29 is 18.1 Å². The summed E-state index contributed by atoms with van der Waals surface area (Å²) in [5, 5.41) is 10.9. The number of nitro benzene ring substituents is 1. The third-order valence-electron chi connectivity index (χ3n) is 4.25. The van der Waals surface area contributed by atoms with E-state index in [-0.39, 0.29) is 53.3 Å². The quantitative estimate of drug-likeness (QED) is 0.629. The lowest BCUT2D eigenvalue weighted by Gasteiger charge is -2.41. The highest BCUT2D eigenvalue weighted by Crippen LogP contribution is 2.35. The number of nitrogens with zero attached hydrogens (tertiary/aromatic N) is 2. The average Bonchev–Trinajstić information content (AvgIpc) is 2.49. The molecule has 1 aliphatic heterocycles. The van der Waals surface area contributed by atoms with Crippen LogP contribution in [0.4, 0.5) is 5.69 Å². The number of hydrogen-bond acceptors (Lipinski definition) is 6. The van der Waals surface area contributed by atoms with Crippen LogP contribution in [0, 0.1) is 15.5 Å². The van der Waals surface area contributed by atoms with Crippen molar-refractivity contribution in [1.29, 1.82) is 0 Å². The number of piperidine rings is 1. The van der Waals surface area contributed by atoms with Crippen LogP contribution in [0.3, 0.4) is 0 Å². The van der Waals surface area contributed by atoms with Crippen molar-refractivity contribution in [2.24, 2.45) is 11.1 Å². The fraction of sp³-hybridized carbons (Fsp3) is 0.571. The van der Waals surface area contributed by atoms with Crippen LogP contribution in [0.15, 0.2) is 23.1 Å². The van der Waals surface area contributed by atoms with Crippen molar-refractivity contribution in [1.82, 2.24) is 4.31 Å². The number of nitro groups is 1. The van der Waals surface area contributed by atoms with Gasteiger partial charge in [-0.1, -0.05) is 13.8 Å². The maximum absolute atomic E-state index is 12.9. The zero-order valence-corrected chi connectivity index (χ0v) is 15.4. The molecule has 1 saturated heterocycles. The first-order valence-electron chi connectivity index (χ1n) is 7.18. The second kappa shape index (κ2) is 7.22. The molecule has 10 heteroatoms. The van der Waals surface area contributed by atoms with Gasteiger partial charge in [0.1, 0.15) is 10.6 Å². The van der Waals surface area contributed by atoms with E-state index in [1.165, 1.54) is 23.5 Å². The molecule has 2 N–H and O–H groups in total. The van der Waals surface area contributed by atoms with Gasteiger partial charge in [-0.05, 0) is 17.9 Å². The Morgan fingerprint density at radius 3 is 2.54 bits per heavy atom. The summed E-state index contributed by atoms with van der Waals surface area (Å²) in [6.07, 6.45) is 0.531. The second-order valence-corrected chi connectivity index (χ2v) is 8.22. The van der Waals surface area contributed by atoms with Crippen molar-refractivity contribution in [2.75, 3.05) is 20.2 Å². The first kappa shape index (κ1) is 20.6. The minimum Gasteiger partial charge on any atom is -0.495 e. The topological polar surface area (TPSA) is 116 Å². The Kier molecular flexibility index (Phi) is 6.20. The summed E-state index contributed by atoms with van der Waals surface area (Å²) >= 11 is 0. The minimum absolute atomic E-state index is 0. The van der Waals surface area contributed by atoms with Crippen molar-refractivity contribution in [3.63, 3.8) is 0 Å². The van der Waals surface area contributed by atoms with Gasteiger partial charge in [0, 0.05) is 31.3 Å². The molecule has 136 valence electrons. The number of nitrogens with two attached hydrogens (primary N) is 1. The maximum atomic E-state index is 12.9. The Hall–Kier alpha value is -1.42. The lowest BCUT2D eigenvalue weighted by molar-refractivity contribution is -0.385. The van der Waals surface area contributed by atoms with Gasteiger partial charge < -0.3 is 10.5 Å². The fourth-order valence-corrected chi connectivity index (χ4v) is 4.45. The van der Waals surface area contributed by atoms with Crippen LogP contribution in [-0.4, -0.2) is 43.9 Å². The lowest BCUT2D eigenvalue weighted by atomic mass is 9.81. The molecule has 0 amide bonds. The van der Waals surface area contributed by atoms with Crippen molar-refractivity contribution in [2.45, 2.75) is 31.2 Å². The molecule has 0 spiro atoms. The molecule has 0 radical (unpaired) electrons. The first-order valence-corrected chi connectivity index (χ1v) is 8.62. The molecule has 1 aliphatic rings.